The molecule has 4 atom stereocenters. The van der Waals surface area contributed by atoms with Crippen molar-refractivity contribution in [3.8, 4) is 12.3 Å². The average Bonchev–Trinajstić information content (AvgIpc) is 2.82. The summed E-state index contributed by atoms with van der Waals surface area (Å²) < 4.78 is 5.36. The predicted octanol–water partition coefficient (Wildman–Crippen LogP) is 3.80. The summed E-state index contributed by atoms with van der Waals surface area (Å²) in [4.78, 5) is 53.7. The molecule has 0 bridgehead atoms. The summed E-state index contributed by atoms with van der Waals surface area (Å²) in [5.74, 6) is 1.08. The maximum atomic E-state index is 14.2. The maximum absolute atomic E-state index is 14.2. The molecule has 0 radical (unpaired) electrons. The topological polar surface area (TPSA) is 131 Å². The van der Waals surface area contributed by atoms with Crippen LogP contribution in [-0.4, -0.2) is 52.4 Å². The molecule has 1 aromatic carbocycles. The zero-order chi connectivity index (χ0) is 29.0. The van der Waals surface area contributed by atoms with Crippen molar-refractivity contribution in [1.82, 2.24) is 15.5 Å². The number of ether oxygens (including phenoxy) is 1. The highest BCUT2D eigenvalue weighted by atomic mass is 16.6. The third-order valence-electron chi connectivity index (χ3n) is 6.04. The number of carbonyl (C=O) groups is 4. The monoisotopic (exact) mass is 528 g/mol. The summed E-state index contributed by atoms with van der Waals surface area (Å²) in [6, 6.07) is 4.19. The van der Waals surface area contributed by atoms with Crippen molar-refractivity contribution in [2.24, 2.45) is 5.73 Å². The lowest BCUT2D eigenvalue weighted by Crippen LogP contribution is -2.56. The SMILES string of the molecule is C#Cc1ccccc1C(C(=O)NC(C)CCC)N(C(=O)C(CCC(N)=O)NC(=O)OC(C)(C)C)C(C)CC. The lowest BCUT2D eigenvalue weighted by molar-refractivity contribution is -0.145. The van der Waals surface area contributed by atoms with Crippen LogP contribution in [0.1, 0.15) is 97.7 Å². The van der Waals surface area contributed by atoms with E-state index in [0.29, 0.717) is 17.5 Å². The number of hydrogen-bond donors (Lipinski definition) is 3. The van der Waals surface area contributed by atoms with Crippen LogP contribution in [-0.2, 0) is 19.1 Å². The molecule has 0 saturated carbocycles. The average molecular weight is 529 g/mol. The lowest BCUT2D eigenvalue weighted by atomic mass is 9.95. The molecule has 0 heterocycles. The van der Waals surface area contributed by atoms with Crippen LogP contribution in [0.2, 0.25) is 0 Å². The molecule has 0 aliphatic carbocycles. The number of nitrogens with two attached hydrogens (primary N) is 1. The van der Waals surface area contributed by atoms with Crippen LogP contribution in [0.5, 0.6) is 0 Å². The molecular formula is C29H44N4O5. The highest BCUT2D eigenvalue weighted by Gasteiger charge is 2.39. The summed E-state index contributed by atoms with van der Waals surface area (Å²) in [6.07, 6.45) is 6.91. The second-order valence-corrected chi connectivity index (χ2v) is 10.5. The van der Waals surface area contributed by atoms with Gasteiger partial charge in [0, 0.05) is 24.1 Å². The fraction of sp³-hybridized carbons (Fsp3) is 0.586. The Morgan fingerprint density at radius 3 is 2.24 bits per heavy atom. The fourth-order valence-corrected chi connectivity index (χ4v) is 4.08. The number of hydrogen-bond acceptors (Lipinski definition) is 5. The number of nitrogens with one attached hydrogen (secondary N) is 2. The Hall–Kier alpha value is -3.54. The first-order chi connectivity index (χ1) is 17.7. The van der Waals surface area contributed by atoms with Crippen LogP contribution in [0, 0.1) is 12.3 Å². The molecular weight excluding hydrogens is 484 g/mol. The number of rotatable bonds is 13. The van der Waals surface area contributed by atoms with E-state index in [1.807, 2.05) is 27.7 Å². The fourth-order valence-electron chi connectivity index (χ4n) is 4.08. The molecule has 4 unspecified atom stereocenters. The Kier molecular flexibility index (Phi) is 12.8. The van der Waals surface area contributed by atoms with Crippen LogP contribution >= 0.6 is 0 Å². The third-order valence-corrected chi connectivity index (χ3v) is 6.04. The zero-order valence-electron chi connectivity index (χ0n) is 23.8. The van der Waals surface area contributed by atoms with E-state index in [-0.39, 0.29) is 24.8 Å². The molecule has 0 fully saturated rings. The van der Waals surface area contributed by atoms with Gasteiger partial charge in [0.15, 0.2) is 0 Å². The first-order valence-electron chi connectivity index (χ1n) is 13.2. The van der Waals surface area contributed by atoms with E-state index in [1.165, 1.54) is 4.90 Å². The van der Waals surface area contributed by atoms with Crippen LogP contribution in [0.3, 0.4) is 0 Å². The summed E-state index contributed by atoms with van der Waals surface area (Å²) in [5, 5.41) is 5.61. The molecule has 0 saturated heterocycles. The Morgan fingerprint density at radius 2 is 1.71 bits per heavy atom. The number of carbonyl (C=O) groups excluding carboxylic acids is 4. The minimum Gasteiger partial charge on any atom is -0.444 e. The van der Waals surface area contributed by atoms with Crippen molar-refractivity contribution in [2.45, 2.75) is 110 Å². The normalized spacial score (nSPS) is 14.3. The van der Waals surface area contributed by atoms with Gasteiger partial charge in [-0.05, 0) is 65.5 Å². The summed E-state index contributed by atoms with van der Waals surface area (Å²) in [7, 11) is 0. The van der Waals surface area contributed by atoms with Gasteiger partial charge >= 0.3 is 6.09 Å². The standard InChI is InChI=1S/C29H44N4O5/c1-9-14-19(4)31-26(35)25(22-16-13-12-15-21(22)11-3)33(20(5)10-2)27(36)23(17-18-24(30)34)32-28(37)38-29(6,7)8/h3,12-13,15-16,19-20,23,25H,9-10,14,17-18H2,1-2,4-8H3,(H2,30,34)(H,31,35)(H,32,37). The summed E-state index contributed by atoms with van der Waals surface area (Å²) in [5.41, 5.74) is 5.53. The predicted molar refractivity (Wildman–Crippen MR) is 148 cm³/mol. The van der Waals surface area contributed by atoms with Gasteiger partial charge in [0.25, 0.3) is 0 Å². The molecule has 9 nitrogen and oxygen atoms in total. The number of terminal acetylenes is 1. The quantitative estimate of drug-likeness (QED) is 0.335. The summed E-state index contributed by atoms with van der Waals surface area (Å²) in [6.45, 7) is 12.7. The molecule has 0 aliphatic rings. The number of amides is 4. The molecule has 0 aromatic heterocycles. The van der Waals surface area contributed by atoms with Crippen LogP contribution < -0.4 is 16.4 Å². The second kappa shape index (κ2) is 15.0. The minimum atomic E-state index is -1.16. The Balaban J connectivity index is 3.64. The molecule has 1 rings (SSSR count). The molecule has 38 heavy (non-hydrogen) atoms. The van der Waals surface area contributed by atoms with Crippen molar-refractivity contribution < 1.29 is 23.9 Å². The van der Waals surface area contributed by atoms with Gasteiger partial charge in [-0.1, -0.05) is 44.4 Å². The molecule has 210 valence electrons. The van der Waals surface area contributed by atoms with Crippen molar-refractivity contribution >= 4 is 23.8 Å². The van der Waals surface area contributed by atoms with Crippen molar-refractivity contribution in [1.29, 1.82) is 0 Å². The molecule has 1 aromatic rings. The Labute approximate surface area is 227 Å². The van der Waals surface area contributed by atoms with E-state index in [2.05, 4.69) is 16.6 Å². The van der Waals surface area contributed by atoms with Crippen molar-refractivity contribution in [2.75, 3.05) is 0 Å². The van der Waals surface area contributed by atoms with Gasteiger partial charge in [0.1, 0.15) is 17.7 Å². The van der Waals surface area contributed by atoms with Crippen molar-refractivity contribution in [3.05, 3.63) is 35.4 Å². The Morgan fingerprint density at radius 1 is 1.08 bits per heavy atom. The van der Waals surface area contributed by atoms with Gasteiger partial charge in [0.2, 0.25) is 17.7 Å². The third kappa shape index (κ3) is 10.1. The second-order valence-electron chi connectivity index (χ2n) is 10.5. The van der Waals surface area contributed by atoms with Gasteiger partial charge in [-0.3, -0.25) is 14.4 Å². The van der Waals surface area contributed by atoms with Gasteiger partial charge in [-0.15, -0.1) is 6.42 Å². The number of benzene rings is 1. The van der Waals surface area contributed by atoms with Gasteiger partial charge in [-0.2, -0.15) is 0 Å². The van der Waals surface area contributed by atoms with E-state index in [4.69, 9.17) is 16.9 Å². The molecule has 4 amide bonds. The zero-order valence-corrected chi connectivity index (χ0v) is 23.8. The van der Waals surface area contributed by atoms with E-state index in [9.17, 15) is 19.2 Å². The molecule has 4 N–H and O–H groups in total. The maximum Gasteiger partial charge on any atom is 0.408 e. The minimum absolute atomic E-state index is 0.0578. The Bertz CT molecular complexity index is 1010. The summed E-state index contributed by atoms with van der Waals surface area (Å²) >= 11 is 0. The van der Waals surface area contributed by atoms with E-state index in [0.717, 1.165) is 12.8 Å². The molecule has 0 aliphatic heterocycles. The number of alkyl carbamates (subject to hydrolysis) is 1. The van der Waals surface area contributed by atoms with Gasteiger partial charge in [-0.25, -0.2) is 4.79 Å². The van der Waals surface area contributed by atoms with Crippen molar-refractivity contribution in [3.63, 3.8) is 0 Å². The van der Waals surface area contributed by atoms with Gasteiger partial charge in [0.05, 0.1) is 0 Å². The first-order valence-corrected chi connectivity index (χ1v) is 13.2. The lowest BCUT2D eigenvalue weighted by Gasteiger charge is -2.39. The molecule has 9 heteroatoms. The van der Waals surface area contributed by atoms with E-state index >= 15 is 0 Å². The van der Waals surface area contributed by atoms with Crippen LogP contribution in [0.25, 0.3) is 0 Å². The van der Waals surface area contributed by atoms with E-state index < -0.39 is 41.6 Å². The number of nitrogens with zero attached hydrogens (tertiary/aromatic N) is 1. The molecule has 0 spiro atoms. The largest absolute Gasteiger partial charge is 0.444 e. The van der Waals surface area contributed by atoms with Gasteiger partial charge < -0.3 is 26.0 Å². The first kappa shape index (κ1) is 32.5. The van der Waals surface area contributed by atoms with Crippen LogP contribution in [0.15, 0.2) is 24.3 Å². The highest BCUT2D eigenvalue weighted by molar-refractivity contribution is 5.93. The smallest absolute Gasteiger partial charge is 0.408 e. The van der Waals surface area contributed by atoms with E-state index in [1.54, 1.807) is 45.0 Å². The number of primary amides is 1. The highest BCUT2D eigenvalue weighted by Crippen LogP contribution is 2.29. The van der Waals surface area contributed by atoms with Crippen LogP contribution in [0.4, 0.5) is 4.79 Å².